The first kappa shape index (κ1) is 12.8. The molecule has 2 aliphatic rings. The van der Waals surface area contributed by atoms with Crippen molar-refractivity contribution in [3.05, 3.63) is 23.6 Å². The largest absolute Gasteiger partial charge is 0.380 e. The van der Waals surface area contributed by atoms with Crippen LogP contribution < -0.4 is 10.2 Å². The molecule has 1 aromatic heterocycles. The number of hydrogen-bond donors (Lipinski definition) is 1. The van der Waals surface area contributed by atoms with Crippen LogP contribution in [-0.4, -0.2) is 37.3 Å². The molecule has 0 spiro atoms. The molecule has 1 aliphatic carbocycles. The lowest BCUT2D eigenvalue weighted by Crippen LogP contribution is -2.26. The van der Waals surface area contributed by atoms with Crippen LogP contribution in [-0.2, 0) is 11.3 Å². The van der Waals surface area contributed by atoms with Gasteiger partial charge < -0.3 is 15.0 Å². The van der Waals surface area contributed by atoms with Crippen LogP contribution in [0.25, 0.3) is 0 Å². The highest BCUT2D eigenvalue weighted by molar-refractivity contribution is 5.48. The second-order valence-corrected chi connectivity index (χ2v) is 5.38. The minimum atomic E-state index is -0.265. The van der Waals surface area contributed by atoms with E-state index in [1.54, 1.807) is 13.2 Å². The Morgan fingerprint density at radius 3 is 3.00 bits per heavy atom. The molecule has 1 saturated carbocycles. The number of rotatable bonds is 5. The lowest BCUT2D eigenvalue weighted by molar-refractivity contribution is 0.121. The number of anilines is 1. The van der Waals surface area contributed by atoms with Gasteiger partial charge >= 0.3 is 0 Å². The third-order valence-electron chi connectivity index (χ3n) is 3.85. The van der Waals surface area contributed by atoms with Crippen molar-refractivity contribution in [1.29, 1.82) is 0 Å². The predicted octanol–water partition coefficient (Wildman–Crippen LogP) is 1.70. The van der Waals surface area contributed by atoms with Crippen LogP contribution in [0.4, 0.5) is 10.2 Å². The summed E-state index contributed by atoms with van der Waals surface area (Å²) in [7, 11) is 1.74. The van der Waals surface area contributed by atoms with Crippen molar-refractivity contribution in [2.45, 2.75) is 38.0 Å². The Morgan fingerprint density at radius 2 is 2.32 bits per heavy atom. The van der Waals surface area contributed by atoms with Gasteiger partial charge in [0, 0.05) is 38.3 Å². The maximum Gasteiger partial charge on any atom is 0.141 e. The van der Waals surface area contributed by atoms with E-state index in [-0.39, 0.29) is 11.9 Å². The first-order chi connectivity index (χ1) is 9.26. The zero-order chi connectivity index (χ0) is 13.2. The van der Waals surface area contributed by atoms with E-state index in [1.165, 1.54) is 19.0 Å². The average molecular weight is 265 g/mol. The molecule has 104 valence electrons. The average Bonchev–Trinajstić information content (AvgIpc) is 3.13. The maximum atomic E-state index is 13.4. The Morgan fingerprint density at radius 1 is 1.47 bits per heavy atom. The molecule has 0 aromatic carbocycles. The van der Waals surface area contributed by atoms with Gasteiger partial charge in [-0.15, -0.1) is 0 Å². The van der Waals surface area contributed by atoms with Crippen molar-refractivity contribution in [3.8, 4) is 0 Å². The second kappa shape index (κ2) is 5.43. The molecule has 4 nitrogen and oxygen atoms in total. The molecular formula is C14H20FN3O. The Balaban J connectivity index is 1.74. The molecule has 1 unspecified atom stereocenters. The molecule has 1 aliphatic heterocycles. The smallest absolute Gasteiger partial charge is 0.141 e. The second-order valence-electron chi connectivity index (χ2n) is 5.38. The Hall–Kier alpha value is -1.20. The lowest BCUT2D eigenvalue weighted by atomic mass is 10.2. The summed E-state index contributed by atoms with van der Waals surface area (Å²) in [4.78, 5) is 6.47. The van der Waals surface area contributed by atoms with E-state index < -0.39 is 0 Å². The minimum absolute atomic E-state index is 0.260. The lowest BCUT2D eigenvalue weighted by Gasteiger charge is -2.20. The summed E-state index contributed by atoms with van der Waals surface area (Å²) in [5, 5.41) is 3.42. The number of nitrogens with one attached hydrogen (secondary N) is 1. The zero-order valence-corrected chi connectivity index (χ0v) is 11.2. The van der Waals surface area contributed by atoms with Gasteiger partial charge in [0.1, 0.15) is 11.6 Å². The van der Waals surface area contributed by atoms with Crippen LogP contribution in [0, 0.1) is 5.82 Å². The predicted molar refractivity (Wildman–Crippen MR) is 71.7 cm³/mol. The fourth-order valence-electron chi connectivity index (χ4n) is 2.54. The first-order valence-electron chi connectivity index (χ1n) is 6.92. The van der Waals surface area contributed by atoms with E-state index in [0.717, 1.165) is 30.9 Å². The van der Waals surface area contributed by atoms with E-state index in [0.29, 0.717) is 12.6 Å². The number of halogens is 1. The standard InChI is InChI=1S/C14H20FN3O/c1-19-13-4-5-18(9-13)14-10(6-11(15)8-17-14)7-16-12-2-3-12/h6,8,12-13,16H,2-5,7,9H2,1H3. The van der Waals surface area contributed by atoms with E-state index in [4.69, 9.17) is 4.74 Å². The fraction of sp³-hybridized carbons (Fsp3) is 0.643. The number of ether oxygens (including phenoxy) is 1. The van der Waals surface area contributed by atoms with E-state index in [9.17, 15) is 4.39 Å². The summed E-state index contributed by atoms with van der Waals surface area (Å²) < 4.78 is 18.8. The zero-order valence-electron chi connectivity index (χ0n) is 11.2. The number of methoxy groups -OCH3 is 1. The fourth-order valence-corrected chi connectivity index (χ4v) is 2.54. The molecule has 1 aromatic rings. The summed E-state index contributed by atoms with van der Waals surface area (Å²) in [5.74, 6) is 0.632. The molecule has 1 atom stereocenters. The Kier molecular flexibility index (Phi) is 3.66. The Bertz CT molecular complexity index is 450. The number of pyridine rings is 1. The van der Waals surface area contributed by atoms with Crippen molar-refractivity contribution in [2.24, 2.45) is 0 Å². The van der Waals surface area contributed by atoms with Crippen molar-refractivity contribution in [1.82, 2.24) is 10.3 Å². The SMILES string of the molecule is COC1CCN(c2ncc(F)cc2CNC2CC2)C1. The van der Waals surface area contributed by atoms with E-state index in [2.05, 4.69) is 15.2 Å². The highest BCUT2D eigenvalue weighted by Gasteiger charge is 2.26. The molecule has 2 heterocycles. The minimum Gasteiger partial charge on any atom is -0.380 e. The highest BCUT2D eigenvalue weighted by atomic mass is 19.1. The van der Waals surface area contributed by atoms with Crippen LogP contribution in [0.3, 0.4) is 0 Å². The monoisotopic (exact) mass is 265 g/mol. The number of hydrogen-bond acceptors (Lipinski definition) is 4. The summed E-state index contributed by atoms with van der Waals surface area (Å²) in [6.45, 7) is 2.46. The van der Waals surface area contributed by atoms with Crippen LogP contribution in [0.1, 0.15) is 24.8 Å². The highest BCUT2D eigenvalue weighted by Crippen LogP contribution is 2.25. The summed E-state index contributed by atoms with van der Waals surface area (Å²) in [6.07, 6.45) is 5.03. The topological polar surface area (TPSA) is 37.4 Å². The number of nitrogens with zero attached hydrogens (tertiary/aromatic N) is 2. The third-order valence-corrected chi connectivity index (χ3v) is 3.85. The molecule has 1 N–H and O–H groups in total. The van der Waals surface area contributed by atoms with Gasteiger partial charge in [-0.1, -0.05) is 0 Å². The van der Waals surface area contributed by atoms with Gasteiger partial charge in [0.15, 0.2) is 0 Å². The molecule has 3 rings (SSSR count). The molecule has 5 heteroatoms. The van der Waals surface area contributed by atoms with Crippen molar-refractivity contribution in [3.63, 3.8) is 0 Å². The van der Waals surface area contributed by atoms with Crippen LogP contribution in [0.15, 0.2) is 12.3 Å². The Labute approximate surface area is 113 Å². The molecule has 0 bridgehead atoms. The maximum absolute atomic E-state index is 13.4. The van der Waals surface area contributed by atoms with Gasteiger partial charge in [0.2, 0.25) is 0 Å². The van der Waals surface area contributed by atoms with Crippen LogP contribution in [0.5, 0.6) is 0 Å². The third kappa shape index (κ3) is 3.04. The van der Waals surface area contributed by atoms with Gasteiger partial charge in [-0.05, 0) is 25.3 Å². The van der Waals surface area contributed by atoms with Gasteiger partial charge in [0.05, 0.1) is 12.3 Å². The summed E-state index contributed by atoms with van der Waals surface area (Å²) in [6, 6.07) is 2.21. The van der Waals surface area contributed by atoms with Crippen molar-refractivity contribution < 1.29 is 9.13 Å². The van der Waals surface area contributed by atoms with Crippen LogP contribution in [0.2, 0.25) is 0 Å². The van der Waals surface area contributed by atoms with Gasteiger partial charge in [-0.25, -0.2) is 9.37 Å². The molecular weight excluding hydrogens is 245 g/mol. The molecule has 19 heavy (non-hydrogen) atoms. The first-order valence-corrected chi connectivity index (χ1v) is 6.92. The number of aromatic nitrogens is 1. The van der Waals surface area contributed by atoms with Crippen molar-refractivity contribution >= 4 is 5.82 Å². The quantitative estimate of drug-likeness (QED) is 0.879. The molecule has 0 radical (unpaired) electrons. The van der Waals surface area contributed by atoms with E-state index >= 15 is 0 Å². The van der Waals surface area contributed by atoms with Gasteiger partial charge in [-0.2, -0.15) is 0 Å². The van der Waals surface area contributed by atoms with E-state index in [1.807, 2.05) is 0 Å². The molecule has 1 saturated heterocycles. The van der Waals surface area contributed by atoms with Gasteiger partial charge in [0.25, 0.3) is 0 Å². The van der Waals surface area contributed by atoms with Gasteiger partial charge in [-0.3, -0.25) is 0 Å². The van der Waals surface area contributed by atoms with Crippen LogP contribution >= 0.6 is 0 Å². The normalized spacial score (nSPS) is 23.1. The van der Waals surface area contributed by atoms with Crippen molar-refractivity contribution in [2.75, 3.05) is 25.1 Å². The summed E-state index contributed by atoms with van der Waals surface area (Å²) >= 11 is 0. The molecule has 2 fully saturated rings. The molecule has 0 amide bonds. The summed E-state index contributed by atoms with van der Waals surface area (Å²) in [5.41, 5.74) is 0.948.